The van der Waals surface area contributed by atoms with Gasteiger partial charge in [-0.15, -0.1) is 0 Å². The molecule has 0 spiro atoms. The number of hydrogen-bond donors (Lipinski definition) is 2. The maximum atomic E-state index is 11.9. The molecule has 0 radical (unpaired) electrons. The first-order valence-corrected chi connectivity index (χ1v) is 5.56. The molecule has 0 saturated carbocycles. The van der Waals surface area contributed by atoms with Crippen LogP contribution in [-0.2, 0) is 9.53 Å². The largest absolute Gasteiger partial charge is 0.440 e. The number of carbonyl (C=O) groups is 2. The van der Waals surface area contributed by atoms with Gasteiger partial charge in [-0.2, -0.15) is 13.2 Å². The van der Waals surface area contributed by atoms with Gasteiger partial charge < -0.3 is 10.1 Å². The molecular weight excluding hydrogens is 277 g/mol. The summed E-state index contributed by atoms with van der Waals surface area (Å²) in [5.41, 5.74) is 1.41. The normalized spacial score (nSPS) is 10.8. The summed E-state index contributed by atoms with van der Waals surface area (Å²) in [6.45, 7) is 1.39. The van der Waals surface area contributed by atoms with E-state index in [1.165, 1.54) is 19.1 Å². The number of benzene rings is 1. The lowest BCUT2D eigenvalue weighted by molar-refractivity contribution is -0.159. The Bertz CT molecular complexity index is 515. The number of aryl methyl sites for hydroxylation is 1. The van der Waals surface area contributed by atoms with Crippen molar-refractivity contribution in [3.8, 4) is 0 Å². The molecule has 5 nitrogen and oxygen atoms in total. The first-order chi connectivity index (χ1) is 9.17. The van der Waals surface area contributed by atoms with Crippen LogP contribution in [0.4, 0.5) is 29.3 Å². The molecule has 0 bridgehead atoms. The van der Waals surface area contributed by atoms with Crippen molar-refractivity contribution in [2.24, 2.45) is 0 Å². The maximum Gasteiger partial charge on any atom is 0.422 e. The van der Waals surface area contributed by atoms with Crippen LogP contribution in [0, 0.1) is 6.92 Å². The van der Waals surface area contributed by atoms with Crippen molar-refractivity contribution in [2.45, 2.75) is 20.0 Å². The minimum atomic E-state index is -4.58. The fraction of sp³-hybridized carbons (Fsp3) is 0.333. The highest BCUT2D eigenvalue weighted by Crippen LogP contribution is 2.21. The summed E-state index contributed by atoms with van der Waals surface area (Å²) in [5, 5.41) is 4.67. The quantitative estimate of drug-likeness (QED) is 0.899. The van der Waals surface area contributed by atoms with Crippen LogP contribution < -0.4 is 10.6 Å². The van der Waals surface area contributed by atoms with Gasteiger partial charge in [0.25, 0.3) is 0 Å². The van der Waals surface area contributed by atoms with Crippen molar-refractivity contribution in [1.82, 2.24) is 0 Å². The Morgan fingerprint density at radius 3 is 2.45 bits per heavy atom. The molecule has 2 amide bonds. The Morgan fingerprint density at radius 1 is 1.25 bits per heavy atom. The molecule has 110 valence electrons. The average Bonchev–Trinajstić information content (AvgIpc) is 2.29. The number of alkyl halides is 3. The first-order valence-electron chi connectivity index (χ1n) is 5.56. The average molecular weight is 290 g/mol. The summed E-state index contributed by atoms with van der Waals surface area (Å²) >= 11 is 0. The topological polar surface area (TPSA) is 67.4 Å². The fourth-order valence-corrected chi connectivity index (χ4v) is 1.33. The van der Waals surface area contributed by atoms with E-state index < -0.39 is 18.9 Å². The summed E-state index contributed by atoms with van der Waals surface area (Å²) in [6, 6.07) is 4.51. The molecule has 1 rings (SSSR count). The SMILES string of the molecule is CC(=O)Nc1cc(NC(=O)OCC(F)(F)F)ccc1C. The standard InChI is InChI=1S/C12H13F3N2O3/c1-7-3-4-9(5-10(7)16-8(2)18)17-11(19)20-6-12(13,14)15/h3-5H,6H2,1-2H3,(H,16,18)(H,17,19). The molecule has 1 aromatic carbocycles. The van der Waals surface area contributed by atoms with Crippen LogP contribution in [-0.4, -0.2) is 24.8 Å². The third-order valence-electron chi connectivity index (χ3n) is 2.16. The third-order valence-corrected chi connectivity index (χ3v) is 2.16. The second-order valence-electron chi connectivity index (χ2n) is 4.03. The van der Waals surface area contributed by atoms with Gasteiger partial charge in [-0.1, -0.05) is 6.07 Å². The number of amides is 2. The van der Waals surface area contributed by atoms with Gasteiger partial charge in [-0.25, -0.2) is 4.79 Å². The fourth-order valence-electron chi connectivity index (χ4n) is 1.33. The Labute approximate surface area is 113 Å². The molecule has 0 unspecified atom stereocenters. The van der Waals surface area contributed by atoms with Gasteiger partial charge in [-0.3, -0.25) is 10.1 Å². The van der Waals surface area contributed by atoms with Gasteiger partial charge >= 0.3 is 12.3 Å². The number of halogens is 3. The summed E-state index contributed by atoms with van der Waals surface area (Å²) in [6.07, 6.45) is -5.80. The van der Waals surface area contributed by atoms with E-state index in [2.05, 4.69) is 15.4 Å². The van der Waals surface area contributed by atoms with E-state index >= 15 is 0 Å². The summed E-state index contributed by atoms with van der Waals surface area (Å²) in [7, 11) is 0. The highest BCUT2D eigenvalue weighted by molar-refractivity contribution is 5.91. The molecule has 0 aliphatic carbocycles. The van der Waals surface area contributed by atoms with Crippen LogP contribution in [0.2, 0.25) is 0 Å². The number of anilines is 2. The second-order valence-corrected chi connectivity index (χ2v) is 4.03. The molecule has 0 atom stereocenters. The molecule has 1 aromatic rings. The highest BCUT2D eigenvalue weighted by Gasteiger charge is 2.29. The van der Waals surface area contributed by atoms with E-state index in [1.54, 1.807) is 13.0 Å². The first kappa shape index (κ1) is 15.8. The van der Waals surface area contributed by atoms with Crippen molar-refractivity contribution >= 4 is 23.4 Å². The van der Waals surface area contributed by atoms with Crippen LogP contribution in [0.1, 0.15) is 12.5 Å². The van der Waals surface area contributed by atoms with E-state index in [1.807, 2.05) is 0 Å². The number of hydrogen-bond acceptors (Lipinski definition) is 3. The van der Waals surface area contributed by atoms with E-state index in [9.17, 15) is 22.8 Å². The summed E-state index contributed by atoms with van der Waals surface area (Å²) in [5.74, 6) is -0.301. The van der Waals surface area contributed by atoms with E-state index in [0.29, 0.717) is 5.69 Å². The van der Waals surface area contributed by atoms with Crippen LogP contribution in [0.3, 0.4) is 0 Å². The molecule has 0 heterocycles. The number of rotatable bonds is 3. The van der Waals surface area contributed by atoms with Crippen LogP contribution >= 0.6 is 0 Å². The van der Waals surface area contributed by atoms with Crippen molar-refractivity contribution in [1.29, 1.82) is 0 Å². The van der Waals surface area contributed by atoms with Gasteiger partial charge in [0, 0.05) is 18.3 Å². The van der Waals surface area contributed by atoms with Crippen molar-refractivity contribution in [3.05, 3.63) is 23.8 Å². The molecule has 0 saturated heterocycles. The number of nitrogens with one attached hydrogen (secondary N) is 2. The van der Waals surface area contributed by atoms with Gasteiger partial charge in [0.15, 0.2) is 6.61 Å². The molecule has 8 heteroatoms. The van der Waals surface area contributed by atoms with Gasteiger partial charge in [-0.05, 0) is 24.6 Å². The lowest BCUT2D eigenvalue weighted by Crippen LogP contribution is -2.23. The van der Waals surface area contributed by atoms with Crippen molar-refractivity contribution in [2.75, 3.05) is 17.2 Å². The molecule has 0 fully saturated rings. The summed E-state index contributed by atoms with van der Waals surface area (Å²) in [4.78, 5) is 22.1. The third kappa shape index (κ3) is 5.59. The highest BCUT2D eigenvalue weighted by atomic mass is 19.4. The van der Waals surface area contributed by atoms with E-state index in [-0.39, 0.29) is 11.6 Å². The van der Waals surface area contributed by atoms with Crippen molar-refractivity contribution in [3.63, 3.8) is 0 Å². The second kappa shape index (κ2) is 6.27. The van der Waals surface area contributed by atoms with Crippen molar-refractivity contribution < 1.29 is 27.5 Å². The maximum absolute atomic E-state index is 11.9. The Morgan fingerprint density at radius 2 is 1.90 bits per heavy atom. The number of carbonyl (C=O) groups excluding carboxylic acids is 2. The lowest BCUT2D eigenvalue weighted by Gasteiger charge is -2.11. The van der Waals surface area contributed by atoms with Crippen LogP contribution in [0.15, 0.2) is 18.2 Å². The monoisotopic (exact) mass is 290 g/mol. The molecule has 0 aliphatic heterocycles. The van der Waals surface area contributed by atoms with Gasteiger partial charge in [0.2, 0.25) is 5.91 Å². The van der Waals surface area contributed by atoms with E-state index in [4.69, 9.17) is 0 Å². The predicted molar refractivity (Wildman–Crippen MR) is 66.5 cm³/mol. The molecule has 0 aromatic heterocycles. The van der Waals surface area contributed by atoms with Crippen LogP contribution in [0.5, 0.6) is 0 Å². The zero-order valence-electron chi connectivity index (χ0n) is 10.8. The molecule has 2 N–H and O–H groups in total. The zero-order chi connectivity index (χ0) is 15.3. The predicted octanol–water partition coefficient (Wildman–Crippen LogP) is 3.06. The Balaban J connectivity index is 2.68. The number of ether oxygens (including phenoxy) is 1. The van der Waals surface area contributed by atoms with Crippen LogP contribution in [0.25, 0.3) is 0 Å². The lowest BCUT2D eigenvalue weighted by atomic mass is 10.2. The summed E-state index contributed by atoms with van der Waals surface area (Å²) < 4.78 is 39.6. The molecule has 20 heavy (non-hydrogen) atoms. The smallest absolute Gasteiger partial charge is 0.422 e. The van der Waals surface area contributed by atoms with Gasteiger partial charge in [0.05, 0.1) is 0 Å². The molecular formula is C12H13F3N2O3. The molecule has 0 aliphatic rings. The minimum absolute atomic E-state index is 0.214. The Kier molecular flexibility index (Phi) is 4.95. The zero-order valence-corrected chi connectivity index (χ0v) is 10.8. The van der Waals surface area contributed by atoms with Gasteiger partial charge in [0.1, 0.15) is 0 Å². The Hall–Kier alpha value is -2.25. The minimum Gasteiger partial charge on any atom is -0.440 e. The van der Waals surface area contributed by atoms with E-state index in [0.717, 1.165) is 5.56 Å².